The van der Waals surface area contributed by atoms with Gasteiger partial charge in [0.25, 0.3) is 0 Å². The first-order valence-corrected chi connectivity index (χ1v) is 7.03. The molecular weight excluding hydrogens is 274 g/mol. The van der Waals surface area contributed by atoms with Crippen LogP contribution in [-0.4, -0.2) is 17.9 Å². The lowest BCUT2D eigenvalue weighted by atomic mass is 10.1. The van der Waals surface area contributed by atoms with Crippen LogP contribution in [0.15, 0.2) is 54.6 Å². The van der Waals surface area contributed by atoms with E-state index < -0.39 is 0 Å². The Bertz CT molecular complexity index is 825. The first kappa shape index (κ1) is 14.1. The number of aromatic nitrogens is 1. The standard InChI is InChI=1S/C18H17N3O/c1-12(19)20-15-6-10-18-14(11-15)5-9-17(21-18)13-3-7-16(22-2)8-4-13/h3-11H,1-2H3,(H2,19,20). The van der Waals surface area contributed by atoms with E-state index in [0.717, 1.165) is 33.6 Å². The van der Waals surface area contributed by atoms with E-state index in [1.165, 1.54) is 0 Å². The summed E-state index contributed by atoms with van der Waals surface area (Å²) in [5, 5.41) is 11.5. The lowest BCUT2D eigenvalue weighted by Gasteiger charge is -2.07. The summed E-state index contributed by atoms with van der Waals surface area (Å²) in [5.74, 6) is 1.25. The maximum absolute atomic E-state index is 7.48. The van der Waals surface area contributed by atoms with Crippen molar-refractivity contribution in [2.24, 2.45) is 0 Å². The van der Waals surface area contributed by atoms with Gasteiger partial charge in [-0.2, -0.15) is 0 Å². The smallest absolute Gasteiger partial charge is 0.118 e. The number of nitrogens with one attached hydrogen (secondary N) is 2. The SMILES string of the molecule is COc1ccc(-c2ccc3cc(NC(C)=N)ccc3n2)cc1. The van der Waals surface area contributed by atoms with Crippen LogP contribution in [-0.2, 0) is 0 Å². The molecule has 3 aromatic rings. The van der Waals surface area contributed by atoms with Gasteiger partial charge in [0.2, 0.25) is 0 Å². The summed E-state index contributed by atoms with van der Waals surface area (Å²) in [7, 11) is 1.66. The molecule has 0 spiro atoms. The van der Waals surface area contributed by atoms with E-state index in [1.54, 1.807) is 14.0 Å². The van der Waals surface area contributed by atoms with Gasteiger partial charge >= 0.3 is 0 Å². The molecule has 0 atom stereocenters. The van der Waals surface area contributed by atoms with Crippen LogP contribution in [0.25, 0.3) is 22.2 Å². The van der Waals surface area contributed by atoms with Crippen LogP contribution in [0.3, 0.4) is 0 Å². The predicted molar refractivity (Wildman–Crippen MR) is 90.8 cm³/mol. The summed E-state index contributed by atoms with van der Waals surface area (Å²) in [4.78, 5) is 4.70. The van der Waals surface area contributed by atoms with Gasteiger partial charge in [-0.15, -0.1) is 0 Å². The molecule has 1 aromatic heterocycles. The highest BCUT2D eigenvalue weighted by molar-refractivity contribution is 5.94. The Kier molecular flexibility index (Phi) is 3.74. The van der Waals surface area contributed by atoms with Crippen molar-refractivity contribution in [2.75, 3.05) is 12.4 Å². The number of methoxy groups -OCH3 is 1. The number of fused-ring (bicyclic) bond motifs is 1. The van der Waals surface area contributed by atoms with Gasteiger partial charge in [-0.25, -0.2) is 4.98 Å². The van der Waals surface area contributed by atoms with Crippen molar-refractivity contribution in [3.8, 4) is 17.0 Å². The molecule has 2 aromatic carbocycles. The fourth-order valence-corrected chi connectivity index (χ4v) is 2.34. The number of rotatable bonds is 3. The second-order valence-corrected chi connectivity index (χ2v) is 5.08. The average molecular weight is 291 g/mol. The number of pyridine rings is 1. The zero-order chi connectivity index (χ0) is 15.5. The molecule has 0 amide bonds. The fourth-order valence-electron chi connectivity index (χ4n) is 2.34. The monoisotopic (exact) mass is 291 g/mol. The lowest BCUT2D eigenvalue weighted by molar-refractivity contribution is 0.415. The maximum atomic E-state index is 7.48. The highest BCUT2D eigenvalue weighted by Gasteiger charge is 2.03. The minimum Gasteiger partial charge on any atom is -0.497 e. The molecule has 1 heterocycles. The molecule has 0 saturated carbocycles. The minimum absolute atomic E-state index is 0.419. The van der Waals surface area contributed by atoms with E-state index in [9.17, 15) is 0 Å². The van der Waals surface area contributed by atoms with Gasteiger partial charge in [0.1, 0.15) is 5.75 Å². The van der Waals surface area contributed by atoms with E-state index in [0.29, 0.717) is 5.84 Å². The van der Waals surface area contributed by atoms with Crippen LogP contribution in [0, 0.1) is 5.41 Å². The van der Waals surface area contributed by atoms with Gasteiger partial charge in [0.05, 0.1) is 24.2 Å². The Morgan fingerprint density at radius 3 is 2.50 bits per heavy atom. The predicted octanol–water partition coefficient (Wildman–Crippen LogP) is 4.32. The summed E-state index contributed by atoms with van der Waals surface area (Å²) < 4.78 is 5.18. The zero-order valence-corrected chi connectivity index (χ0v) is 12.6. The Labute approximate surface area is 129 Å². The van der Waals surface area contributed by atoms with Crippen molar-refractivity contribution in [3.63, 3.8) is 0 Å². The number of hydrogen-bond donors (Lipinski definition) is 2. The van der Waals surface area contributed by atoms with Gasteiger partial charge in [-0.3, -0.25) is 5.41 Å². The van der Waals surface area contributed by atoms with Crippen LogP contribution in [0.1, 0.15) is 6.92 Å². The topological polar surface area (TPSA) is 58.0 Å². The quantitative estimate of drug-likeness (QED) is 0.558. The van der Waals surface area contributed by atoms with Crippen LogP contribution in [0.5, 0.6) is 5.75 Å². The van der Waals surface area contributed by atoms with Crippen molar-refractivity contribution < 1.29 is 4.74 Å². The van der Waals surface area contributed by atoms with Crippen molar-refractivity contribution in [2.45, 2.75) is 6.92 Å². The van der Waals surface area contributed by atoms with E-state index >= 15 is 0 Å². The van der Waals surface area contributed by atoms with Crippen molar-refractivity contribution >= 4 is 22.4 Å². The maximum Gasteiger partial charge on any atom is 0.118 e. The first-order valence-electron chi connectivity index (χ1n) is 7.03. The highest BCUT2D eigenvalue weighted by atomic mass is 16.5. The second kappa shape index (κ2) is 5.85. The molecule has 0 bridgehead atoms. The third kappa shape index (κ3) is 2.91. The Hall–Kier alpha value is -2.88. The second-order valence-electron chi connectivity index (χ2n) is 5.08. The number of anilines is 1. The fraction of sp³-hybridized carbons (Fsp3) is 0.111. The van der Waals surface area contributed by atoms with Gasteiger partial charge in [-0.05, 0) is 55.5 Å². The zero-order valence-electron chi connectivity index (χ0n) is 12.6. The van der Waals surface area contributed by atoms with Crippen LogP contribution in [0.4, 0.5) is 5.69 Å². The lowest BCUT2D eigenvalue weighted by Crippen LogP contribution is -2.04. The first-order chi connectivity index (χ1) is 10.7. The molecule has 3 rings (SSSR count). The molecule has 0 saturated heterocycles. The van der Waals surface area contributed by atoms with Crippen LogP contribution in [0.2, 0.25) is 0 Å². The van der Waals surface area contributed by atoms with Crippen molar-refractivity contribution in [1.82, 2.24) is 4.98 Å². The van der Waals surface area contributed by atoms with Crippen molar-refractivity contribution in [1.29, 1.82) is 5.41 Å². The third-order valence-electron chi connectivity index (χ3n) is 3.41. The van der Waals surface area contributed by atoms with Crippen LogP contribution < -0.4 is 10.1 Å². The number of nitrogens with zero attached hydrogens (tertiary/aromatic N) is 1. The molecule has 0 aliphatic carbocycles. The Morgan fingerprint density at radius 1 is 1.05 bits per heavy atom. The molecule has 0 aliphatic rings. The molecular formula is C18H17N3O. The van der Waals surface area contributed by atoms with E-state index in [1.807, 2.05) is 54.6 Å². The molecule has 2 N–H and O–H groups in total. The molecule has 22 heavy (non-hydrogen) atoms. The normalized spacial score (nSPS) is 10.5. The van der Waals surface area contributed by atoms with Gasteiger partial charge in [0, 0.05) is 16.6 Å². The molecule has 0 aliphatic heterocycles. The van der Waals surface area contributed by atoms with Crippen LogP contribution >= 0.6 is 0 Å². The largest absolute Gasteiger partial charge is 0.497 e. The minimum atomic E-state index is 0.419. The molecule has 4 nitrogen and oxygen atoms in total. The number of ether oxygens (including phenoxy) is 1. The summed E-state index contributed by atoms with van der Waals surface area (Å²) >= 11 is 0. The number of benzene rings is 2. The molecule has 110 valence electrons. The summed E-state index contributed by atoms with van der Waals surface area (Å²) in [6.07, 6.45) is 0. The van der Waals surface area contributed by atoms with E-state index in [-0.39, 0.29) is 0 Å². The molecule has 0 unspecified atom stereocenters. The van der Waals surface area contributed by atoms with Crippen molar-refractivity contribution in [3.05, 3.63) is 54.6 Å². The highest BCUT2D eigenvalue weighted by Crippen LogP contribution is 2.24. The number of amidine groups is 1. The third-order valence-corrected chi connectivity index (χ3v) is 3.41. The molecule has 4 heteroatoms. The van der Waals surface area contributed by atoms with Gasteiger partial charge in [0.15, 0.2) is 0 Å². The molecule has 0 fully saturated rings. The van der Waals surface area contributed by atoms with E-state index in [2.05, 4.69) is 5.32 Å². The summed E-state index contributed by atoms with van der Waals surface area (Å²) in [5.41, 5.74) is 3.82. The van der Waals surface area contributed by atoms with E-state index in [4.69, 9.17) is 15.1 Å². The molecule has 0 radical (unpaired) electrons. The van der Waals surface area contributed by atoms with Gasteiger partial charge < -0.3 is 10.1 Å². The summed E-state index contributed by atoms with van der Waals surface area (Å²) in [6, 6.07) is 17.8. The Morgan fingerprint density at radius 2 is 1.82 bits per heavy atom. The Balaban J connectivity index is 1.96. The number of hydrogen-bond acceptors (Lipinski definition) is 3. The van der Waals surface area contributed by atoms with Gasteiger partial charge in [-0.1, -0.05) is 6.07 Å². The summed E-state index contributed by atoms with van der Waals surface area (Å²) in [6.45, 7) is 1.72. The average Bonchev–Trinajstić information content (AvgIpc) is 2.54.